The van der Waals surface area contributed by atoms with Gasteiger partial charge in [-0.05, 0) is 30.3 Å². The lowest BCUT2D eigenvalue weighted by molar-refractivity contribution is -0.117. The second-order valence-electron chi connectivity index (χ2n) is 8.61. The predicted octanol–water partition coefficient (Wildman–Crippen LogP) is 5.65. The molecule has 3 aromatic carbocycles. The molecule has 1 atom stereocenters. The number of anilines is 1. The molecule has 4 heterocycles. The summed E-state index contributed by atoms with van der Waals surface area (Å²) in [5, 5.41) is 13.2. The zero-order valence-corrected chi connectivity index (χ0v) is 18.4. The number of nitrogens with zero attached hydrogens (tertiary/aromatic N) is 3. The van der Waals surface area contributed by atoms with Crippen LogP contribution >= 0.6 is 0 Å². The number of carbonyl (C=O) groups is 1. The zero-order chi connectivity index (χ0) is 23.5. The highest BCUT2D eigenvalue weighted by atomic mass is 16.3. The molecular weight excluding hydrogens is 438 g/mol. The second kappa shape index (κ2) is 7.30. The van der Waals surface area contributed by atoms with Crippen LogP contribution in [0.1, 0.15) is 17.2 Å². The summed E-state index contributed by atoms with van der Waals surface area (Å²) in [6.07, 6.45) is 5.23. The maximum absolute atomic E-state index is 13.7. The van der Waals surface area contributed by atoms with Crippen molar-refractivity contribution < 1.29 is 9.90 Å². The number of rotatable bonds is 3. The fourth-order valence-corrected chi connectivity index (χ4v) is 5.16. The fourth-order valence-electron chi connectivity index (χ4n) is 5.16. The number of imidazole rings is 1. The third kappa shape index (κ3) is 2.81. The normalized spacial score (nSPS) is 16.3. The van der Waals surface area contributed by atoms with E-state index < -0.39 is 11.9 Å². The first kappa shape index (κ1) is 19.5. The number of aliphatic hydroxyl groups is 1. The first-order valence-electron chi connectivity index (χ1n) is 11.3. The number of H-pyrrole nitrogens is 2. The molecule has 7 rings (SSSR count). The maximum Gasteiger partial charge on any atom is 0.294 e. The van der Waals surface area contributed by atoms with Gasteiger partial charge in [0.15, 0.2) is 5.76 Å². The van der Waals surface area contributed by atoms with Gasteiger partial charge in [-0.15, -0.1) is 0 Å². The minimum atomic E-state index is -0.583. The average molecular weight is 457 g/mol. The number of para-hydroxylation sites is 2. The Morgan fingerprint density at radius 3 is 2.71 bits per heavy atom. The molecule has 0 spiro atoms. The van der Waals surface area contributed by atoms with E-state index in [9.17, 15) is 9.90 Å². The van der Waals surface area contributed by atoms with Gasteiger partial charge < -0.3 is 15.1 Å². The van der Waals surface area contributed by atoms with E-state index in [1.807, 2.05) is 79.0 Å². The molecule has 3 aromatic heterocycles. The summed E-state index contributed by atoms with van der Waals surface area (Å²) in [7, 11) is 0. The smallest absolute Gasteiger partial charge is 0.294 e. The summed E-state index contributed by atoms with van der Waals surface area (Å²) in [5.74, 6) is -0.723. The van der Waals surface area contributed by atoms with Gasteiger partial charge in [-0.2, -0.15) is 0 Å². The van der Waals surface area contributed by atoms with Crippen LogP contribution in [0.25, 0.3) is 38.4 Å². The highest BCUT2D eigenvalue weighted by molar-refractivity contribution is 6.18. The number of aromatic amines is 2. The quantitative estimate of drug-likeness (QED) is 0.320. The minimum Gasteiger partial charge on any atom is -0.503 e. The van der Waals surface area contributed by atoms with Crippen molar-refractivity contribution in [3.05, 3.63) is 108 Å². The van der Waals surface area contributed by atoms with Gasteiger partial charge in [-0.1, -0.05) is 42.5 Å². The van der Waals surface area contributed by atoms with E-state index in [1.165, 1.54) is 0 Å². The molecule has 7 heteroatoms. The van der Waals surface area contributed by atoms with Crippen LogP contribution in [-0.4, -0.2) is 30.9 Å². The zero-order valence-electron chi connectivity index (χ0n) is 18.4. The summed E-state index contributed by atoms with van der Waals surface area (Å²) in [6, 6.07) is 22.7. The molecule has 168 valence electrons. The number of nitrogens with one attached hydrogen (secondary N) is 2. The van der Waals surface area contributed by atoms with Gasteiger partial charge in [-0.3, -0.25) is 14.7 Å². The number of hydrogen-bond acceptors (Lipinski definition) is 4. The van der Waals surface area contributed by atoms with Crippen molar-refractivity contribution in [2.24, 2.45) is 0 Å². The largest absolute Gasteiger partial charge is 0.503 e. The molecule has 0 bridgehead atoms. The summed E-state index contributed by atoms with van der Waals surface area (Å²) in [6.45, 7) is 0. The molecule has 1 amide bonds. The Kier molecular flexibility index (Phi) is 4.08. The molecule has 1 aliphatic rings. The number of pyridine rings is 1. The van der Waals surface area contributed by atoms with Gasteiger partial charge in [0, 0.05) is 51.1 Å². The van der Waals surface area contributed by atoms with Crippen molar-refractivity contribution in [2.75, 3.05) is 4.90 Å². The van der Waals surface area contributed by atoms with Gasteiger partial charge in [0.05, 0.1) is 28.9 Å². The fraction of sp³-hybridized carbons (Fsp3) is 0.0357. The number of fused-ring (bicyclic) bond motifs is 3. The third-order valence-corrected chi connectivity index (χ3v) is 6.73. The van der Waals surface area contributed by atoms with E-state index in [0.29, 0.717) is 11.3 Å². The summed E-state index contributed by atoms with van der Waals surface area (Å²) >= 11 is 0. The van der Waals surface area contributed by atoms with Gasteiger partial charge in [0.1, 0.15) is 0 Å². The Labute approximate surface area is 199 Å². The molecule has 35 heavy (non-hydrogen) atoms. The van der Waals surface area contributed by atoms with E-state index in [1.54, 1.807) is 17.4 Å². The van der Waals surface area contributed by atoms with Crippen LogP contribution in [0.2, 0.25) is 0 Å². The van der Waals surface area contributed by atoms with Crippen molar-refractivity contribution in [1.82, 2.24) is 19.9 Å². The predicted molar refractivity (Wildman–Crippen MR) is 136 cm³/mol. The van der Waals surface area contributed by atoms with Crippen molar-refractivity contribution in [3.8, 4) is 0 Å². The van der Waals surface area contributed by atoms with Crippen LogP contribution < -0.4 is 4.90 Å². The molecule has 0 saturated heterocycles. The van der Waals surface area contributed by atoms with E-state index in [-0.39, 0.29) is 5.76 Å². The summed E-state index contributed by atoms with van der Waals surface area (Å²) < 4.78 is 0. The highest BCUT2D eigenvalue weighted by Crippen LogP contribution is 2.48. The van der Waals surface area contributed by atoms with Crippen LogP contribution in [0.3, 0.4) is 0 Å². The lowest BCUT2D eigenvalue weighted by atomic mass is 9.91. The molecule has 0 radical (unpaired) electrons. The first-order chi connectivity index (χ1) is 17.2. The van der Waals surface area contributed by atoms with E-state index >= 15 is 0 Å². The van der Waals surface area contributed by atoms with Gasteiger partial charge in [0.25, 0.3) is 5.91 Å². The van der Waals surface area contributed by atoms with Crippen LogP contribution in [0, 0.1) is 0 Å². The van der Waals surface area contributed by atoms with Crippen LogP contribution in [0.4, 0.5) is 5.69 Å². The van der Waals surface area contributed by atoms with Gasteiger partial charge >= 0.3 is 0 Å². The molecule has 0 saturated carbocycles. The molecule has 3 N–H and O–H groups in total. The molecule has 1 aliphatic heterocycles. The van der Waals surface area contributed by atoms with Crippen molar-refractivity contribution >= 4 is 50.0 Å². The molecular formula is C28H19N5O2. The SMILES string of the molecule is O=C1C(O)=C(c2c[nH]c3ccccc23)C(c2cccc3cccnc23)N1c1ccc2nc[nH]c2c1. The molecule has 6 aromatic rings. The number of aliphatic hydroxyl groups excluding tert-OH is 1. The molecule has 0 fully saturated rings. The second-order valence-corrected chi connectivity index (χ2v) is 8.61. The number of carbonyl (C=O) groups excluding carboxylic acids is 1. The van der Waals surface area contributed by atoms with Gasteiger partial charge in [0.2, 0.25) is 0 Å². The number of amides is 1. The molecule has 0 aliphatic carbocycles. The summed E-state index contributed by atoms with van der Waals surface area (Å²) in [5.41, 5.74) is 6.17. The van der Waals surface area contributed by atoms with E-state index in [0.717, 1.165) is 44.0 Å². The van der Waals surface area contributed by atoms with Crippen LogP contribution in [0.5, 0.6) is 0 Å². The summed E-state index contributed by atoms with van der Waals surface area (Å²) in [4.78, 5) is 30.7. The van der Waals surface area contributed by atoms with E-state index in [4.69, 9.17) is 0 Å². The molecule has 1 unspecified atom stereocenters. The number of hydrogen-bond donors (Lipinski definition) is 3. The average Bonchev–Trinajstić information content (AvgIpc) is 3.60. The van der Waals surface area contributed by atoms with Crippen molar-refractivity contribution in [3.63, 3.8) is 0 Å². The Bertz CT molecular complexity index is 1810. The standard InChI is InChI=1S/C28H19N5O2/c34-27-24(20-14-30-21-9-2-1-7-18(20)21)26(19-8-3-5-16-6-4-12-29-25(16)19)33(28(27)35)17-10-11-22-23(13-17)32-15-31-22/h1-15,26,30,34H,(H,31,32). The third-order valence-electron chi connectivity index (χ3n) is 6.73. The number of aromatic nitrogens is 4. The Morgan fingerprint density at radius 2 is 1.77 bits per heavy atom. The van der Waals surface area contributed by atoms with E-state index in [2.05, 4.69) is 19.9 Å². The van der Waals surface area contributed by atoms with Crippen molar-refractivity contribution in [2.45, 2.75) is 6.04 Å². The highest BCUT2D eigenvalue weighted by Gasteiger charge is 2.43. The minimum absolute atomic E-state index is 0.266. The maximum atomic E-state index is 13.7. The Morgan fingerprint density at radius 1 is 0.886 bits per heavy atom. The topological polar surface area (TPSA) is 97.9 Å². The van der Waals surface area contributed by atoms with Gasteiger partial charge in [-0.25, -0.2) is 4.98 Å². The van der Waals surface area contributed by atoms with Crippen molar-refractivity contribution in [1.29, 1.82) is 0 Å². The number of benzene rings is 3. The lowest BCUT2D eigenvalue weighted by Gasteiger charge is -2.28. The lowest BCUT2D eigenvalue weighted by Crippen LogP contribution is -2.30. The molecule has 7 nitrogen and oxygen atoms in total. The Hall–Kier alpha value is -4.91. The monoisotopic (exact) mass is 457 g/mol. The van der Waals surface area contributed by atoms with Crippen LogP contribution in [0.15, 0.2) is 97.3 Å². The Balaban J connectivity index is 1.52. The first-order valence-corrected chi connectivity index (χ1v) is 11.3. The van der Waals surface area contributed by atoms with Crippen LogP contribution in [-0.2, 0) is 4.79 Å².